The predicted molar refractivity (Wildman–Crippen MR) is 204 cm³/mol. The van der Waals surface area contributed by atoms with E-state index in [0.717, 1.165) is 19.3 Å². The molecule has 2 heterocycles. The van der Waals surface area contributed by atoms with Crippen LogP contribution in [0, 0.1) is 52.3 Å². The molecule has 6 aliphatic rings. The van der Waals surface area contributed by atoms with Crippen molar-refractivity contribution in [3.63, 3.8) is 0 Å². The van der Waals surface area contributed by atoms with Gasteiger partial charge in [0.05, 0.1) is 55.9 Å². The summed E-state index contributed by atoms with van der Waals surface area (Å²) >= 11 is 0. The molecule has 22 atom stereocenters. The van der Waals surface area contributed by atoms with Crippen molar-refractivity contribution in [1.29, 1.82) is 0 Å². The van der Waals surface area contributed by atoms with Crippen LogP contribution in [0.15, 0.2) is 0 Å². The molecule has 2 aliphatic heterocycles. The van der Waals surface area contributed by atoms with E-state index < -0.39 is 108 Å². The minimum Gasteiger partial charge on any atom is -0.393 e. The van der Waals surface area contributed by atoms with Crippen LogP contribution in [0.1, 0.15) is 86.0 Å². The zero-order valence-corrected chi connectivity index (χ0v) is 35.3. The molecule has 0 bridgehead atoms. The number of rotatable bonds is 14. The van der Waals surface area contributed by atoms with Crippen molar-refractivity contribution in [2.75, 3.05) is 41.2 Å². The van der Waals surface area contributed by atoms with Gasteiger partial charge in [0.25, 0.3) is 0 Å². The maximum absolute atomic E-state index is 12.7. The summed E-state index contributed by atoms with van der Waals surface area (Å²) in [6, 6.07) is 0. The summed E-state index contributed by atoms with van der Waals surface area (Å²) in [4.78, 5) is 0. The minimum absolute atomic E-state index is 0.00593. The van der Waals surface area contributed by atoms with Gasteiger partial charge in [0, 0.05) is 39.6 Å². The SMILES string of the molecule is COC1COC(OC2COC(OCCC(CCC(C)C3C(O)C(O)C4C3(C)CCC3C5(C)CCC(O)C(O)C5C(O)CC34O)C(C)C)C(OC)C2O)C(OC)C1O. The topological polar surface area (TPSA) is 226 Å². The summed E-state index contributed by atoms with van der Waals surface area (Å²) in [6.07, 6.45) is -7.56. The van der Waals surface area contributed by atoms with Crippen LogP contribution in [0.5, 0.6) is 0 Å². The van der Waals surface area contributed by atoms with E-state index in [4.69, 9.17) is 33.2 Å². The number of aliphatic hydroxyl groups excluding tert-OH is 7. The van der Waals surface area contributed by atoms with E-state index in [0.29, 0.717) is 38.2 Å². The first kappa shape index (κ1) is 45.9. The lowest BCUT2D eigenvalue weighted by atomic mass is 9.41. The fourth-order valence-electron chi connectivity index (χ4n) is 13.2. The van der Waals surface area contributed by atoms with Crippen molar-refractivity contribution in [2.24, 2.45) is 52.3 Å². The van der Waals surface area contributed by atoms with Gasteiger partial charge in [-0.25, -0.2) is 0 Å². The minimum atomic E-state index is -1.43. The highest BCUT2D eigenvalue weighted by molar-refractivity contribution is 5.22. The van der Waals surface area contributed by atoms with Crippen LogP contribution < -0.4 is 0 Å². The van der Waals surface area contributed by atoms with Crippen LogP contribution in [0.4, 0.5) is 0 Å². The molecule has 0 amide bonds. The molecule has 4 saturated carbocycles. The highest BCUT2D eigenvalue weighted by Crippen LogP contribution is 2.70. The Balaban J connectivity index is 1.04. The molecule has 0 aromatic heterocycles. The maximum Gasteiger partial charge on any atom is 0.187 e. The van der Waals surface area contributed by atoms with Crippen LogP contribution in [0.2, 0.25) is 0 Å². The number of fused-ring (bicyclic) bond motifs is 5. The van der Waals surface area contributed by atoms with Crippen molar-refractivity contribution < 1.29 is 74.0 Å². The Morgan fingerprint density at radius 3 is 1.93 bits per heavy atom. The Labute approximate surface area is 338 Å². The predicted octanol–water partition coefficient (Wildman–Crippen LogP) is 0.964. The molecule has 0 aromatic carbocycles. The second kappa shape index (κ2) is 18.0. The fourth-order valence-corrected chi connectivity index (χ4v) is 13.2. The molecule has 0 spiro atoms. The van der Waals surface area contributed by atoms with Gasteiger partial charge in [-0.3, -0.25) is 0 Å². The molecule has 0 radical (unpaired) electrons. The third kappa shape index (κ3) is 8.13. The second-order valence-electron chi connectivity index (χ2n) is 19.4. The van der Waals surface area contributed by atoms with E-state index in [1.54, 1.807) is 0 Å². The molecule has 57 heavy (non-hydrogen) atoms. The standard InChI is InChI=1S/C42H74O15/c1-20(2)22(13-16-54-38-35(52-7)32(47)26(19-55-38)57-39-36(53-8)31(46)25(51-6)18-56-39)10-9-21(3)28-33(48)34(49)37-41(28,5)15-12-27-40(4)14-11-23(43)30(45)29(40)24(44)17-42(27,37)50/h20-39,43-50H,9-19H2,1-8H3. The number of methoxy groups -OCH3 is 3. The molecular weight excluding hydrogens is 744 g/mol. The van der Waals surface area contributed by atoms with E-state index in [1.165, 1.54) is 21.3 Å². The second-order valence-corrected chi connectivity index (χ2v) is 19.4. The van der Waals surface area contributed by atoms with Crippen molar-refractivity contribution in [3.05, 3.63) is 0 Å². The lowest BCUT2D eigenvalue weighted by Gasteiger charge is -2.66. The summed E-state index contributed by atoms with van der Waals surface area (Å²) in [5.74, 6) is -1.17. The Morgan fingerprint density at radius 1 is 0.667 bits per heavy atom. The van der Waals surface area contributed by atoms with Gasteiger partial charge in [-0.15, -0.1) is 0 Å². The monoisotopic (exact) mass is 819 g/mol. The van der Waals surface area contributed by atoms with E-state index in [-0.39, 0.29) is 43.3 Å². The van der Waals surface area contributed by atoms with E-state index in [2.05, 4.69) is 27.7 Å². The first-order valence-electron chi connectivity index (χ1n) is 21.5. The summed E-state index contributed by atoms with van der Waals surface area (Å²) in [5, 5.41) is 91.0. The van der Waals surface area contributed by atoms with Crippen LogP contribution in [0.3, 0.4) is 0 Å². The summed E-state index contributed by atoms with van der Waals surface area (Å²) in [5.41, 5.74) is -2.63. The molecule has 6 fully saturated rings. The van der Waals surface area contributed by atoms with Crippen LogP contribution in [-0.2, 0) is 33.2 Å². The number of aliphatic hydroxyl groups is 8. The van der Waals surface area contributed by atoms with Gasteiger partial charge in [-0.05, 0) is 78.9 Å². The van der Waals surface area contributed by atoms with E-state index in [1.807, 2.05) is 6.92 Å². The van der Waals surface area contributed by atoms with Crippen LogP contribution >= 0.6 is 0 Å². The summed E-state index contributed by atoms with van der Waals surface area (Å²) < 4.78 is 40.3. The molecule has 8 N–H and O–H groups in total. The van der Waals surface area contributed by atoms with Gasteiger partial charge in [-0.2, -0.15) is 0 Å². The van der Waals surface area contributed by atoms with Gasteiger partial charge in [0.1, 0.15) is 36.6 Å². The zero-order chi connectivity index (χ0) is 41.8. The average molecular weight is 819 g/mol. The van der Waals surface area contributed by atoms with Gasteiger partial charge in [0.2, 0.25) is 0 Å². The molecule has 332 valence electrons. The Hall–Kier alpha value is -0.600. The largest absolute Gasteiger partial charge is 0.393 e. The van der Waals surface area contributed by atoms with E-state index in [9.17, 15) is 40.9 Å². The van der Waals surface area contributed by atoms with Gasteiger partial charge in [-0.1, -0.05) is 41.0 Å². The van der Waals surface area contributed by atoms with Crippen molar-refractivity contribution >= 4 is 0 Å². The lowest BCUT2D eigenvalue weighted by molar-refractivity contribution is -0.334. The molecule has 15 heteroatoms. The maximum atomic E-state index is 12.7. The molecule has 0 aromatic rings. The van der Waals surface area contributed by atoms with Gasteiger partial charge >= 0.3 is 0 Å². The van der Waals surface area contributed by atoms with Crippen molar-refractivity contribution in [3.8, 4) is 0 Å². The van der Waals surface area contributed by atoms with E-state index >= 15 is 0 Å². The van der Waals surface area contributed by atoms with Gasteiger partial charge < -0.3 is 74.0 Å². The van der Waals surface area contributed by atoms with Crippen molar-refractivity contribution in [2.45, 2.75) is 171 Å². The highest BCUT2D eigenvalue weighted by Gasteiger charge is 2.73. The van der Waals surface area contributed by atoms with Crippen LogP contribution in [0.25, 0.3) is 0 Å². The molecular formula is C42H74O15. The van der Waals surface area contributed by atoms with Gasteiger partial charge in [0.15, 0.2) is 12.6 Å². The fraction of sp³-hybridized carbons (Fsp3) is 1.00. The third-order valence-corrected chi connectivity index (χ3v) is 16.2. The number of hydrogen-bond donors (Lipinski definition) is 8. The zero-order valence-electron chi connectivity index (χ0n) is 35.3. The quantitative estimate of drug-likeness (QED) is 0.122. The smallest absolute Gasteiger partial charge is 0.187 e. The average Bonchev–Trinajstić information content (AvgIpc) is 3.36. The number of hydrogen-bond acceptors (Lipinski definition) is 15. The normalized spacial score (nSPS) is 51.2. The molecule has 2 saturated heterocycles. The Kier molecular flexibility index (Phi) is 14.5. The molecule has 4 aliphatic carbocycles. The summed E-state index contributed by atoms with van der Waals surface area (Å²) in [6.45, 7) is 11.0. The summed E-state index contributed by atoms with van der Waals surface area (Å²) in [7, 11) is 4.39. The first-order chi connectivity index (χ1) is 26.9. The van der Waals surface area contributed by atoms with Crippen LogP contribution in [-0.4, -0.2) is 167 Å². The highest BCUT2D eigenvalue weighted by atomic mass is 16.7. The first-order valence-corrected chi connectivity index (χ1v) is 21.5. The lowest BCUT2D eigenvalue weighted by Crippen LogP contribution is -2.71. The Morgan fingerprint density at radius 2 is 1.28 bits per heavy atom. The molecule has 15 nitrogen and oxygen atoms in total. The number of ether oxygens (including phenoxy) is 7. The van der Waals surface area contributed by atoms with Crippen molar-refractivity contribution in [1.82, 2.24) is 0 Å². The Bertz CT molecular complexity index is 1310. The molecule has 6 rings (SSSR count). The third-order valence-electron chi connectivity index (χ3n) is 16.2. The molecule has 22 unspecified atom stereocenters.